The Labute approximate surface area is 185 Å². The van der Waals surface area contributed by atoms with Crippen LogP contribution in [0.4, 0.5) is 0 Å². The maximum atomic E-state index is 12.4. The van der Waals surface area contributed by atoms with Crippen molar-refractivity contribution in [1.82, 2.24) is 15.7 Å². The summed E-state index contributed by atoms with van der Waals surface area (Å²) in [5.41, 5.74) is 3.98. The highest BCUT2D eigenvalue weighted by molar-refractivity contribution is 7.80. The minimum atomic E-state index is -0.348. The number of amides is 1. The zero-order valence-electron chi connectivity index (χ0n) is 17.3. The third kappa shape index (κ3) is 6.06. The normalized spacial score (nSPS) is 10.5. The highest BCUT2D eigenvalue weighted by Gasteiger charge is 2.14. The van der Waals surface area contributed by atoms with Gasteiger partial charge in [-0.2, -0.15) is 0 Å². The highest BCUT2D eigenvalue weighted by atomic mass is 32.1. The third-order valence-electron chi connectivity index (χ3n) is 4.36. The van der Waals surface area contributed by atoms with Crippen LogP contribution in [0, 0.1) is 11.8 Å². The SMILES string of the molecule is CN(C)CCOc1cccc2oc(C(=O)NCC#Cc3ccc(C(=S)NO)cc3)cc12. The van der Waals surface area contributed by atoms with Crippen LogP contribution in [-0.4, -0.2) is 54.8 Å². The molecule has 0 aliphatic rings. The summed E-state index contributed by atoms with van der Waals surface area (Å²) in [6.45, 7) is 1.49. The first kappa shape index (κ1) is 22.3. The molecule has 7 nitrogen and oxygen atoms in total. The van der Waals surface area contributed by atoms with E-state index < -0.39 is 0 Å². The lowest BCUT2D eigenvalue weighted by atomic mass is 10.1. The van der Waals surface area contributed by atoms with E-state index in [0.717, 1.165) is 17.5 Å². The Morgan fingerprint density at radius 1 is 1.23 bits per heavy atom. The molecule has 0 spiro atoms. The van der Waals surface area contributed by atoms with Crippen molar-refractivity contribution in [3.63, 3.8) is 0 Å². The van der Waals surface area contributed by atoms with Crippen LogP contribution in [-0.2, 0) is 0 Å². The standard InChI is InChI=1S/C23H23N3O4S/c1-26(2)13-14-29-19-6-3-7-20-18(19)15-21(30-20)22(27)24-12-4-5-16-8-10-17(11-9-16)23(31)25-28/h3,6-11,15,28H,12-14H2,1-2H3,(H,24,27)(H,25,31). The van der Waals surface area contributed by atoms with E-state index in [-0.39, 0.29) is 23.2 Å². The number of likely N-dealkylation sites (N-methyl/N-ethyl adjacent to an activating group) is 1. The molecule has 0 saturated heterocycles. The van der Waals surface area contributed by atoms with Gasteiger partial charge in [0.15, 0.2) is 5.76 Å². The zero-order chi connectivity index (χ0) is 22.2. The molecule has 1 aromatic heterocycles. The van der Waals surface area contributed by atoms with E-state index in [0.29, 0.717) is 23.5 Å². The first-order valence-corrected chi connectivity index (χ1v) is 10.0. The van der Waals surface area contributed by atoms with E-state index in [4.69, 9.17) is 26.6 Å². The summed E-state index contributed by atoms with van der Waals surface area (Å²) in [4.78, 5) is 14.7. The van der Waals surface area contributed by atoms with Crippen LogP contribution in [0.15, 0.2) is 52.9 Å². The fraction of sp³-hybridized carbons (Fsp3) is 0.217. The molecule has 0 unspecified atom stereocenters. The third-order valence-corrected chi connectivity index (χ3v) is 4.69. The number of carbonyl (C=O) groups excluding carboxylic acids is 1. The van der Waals surface area contributed by atoms with Gasteiger partial charge in [0.1, 0.15) is 22.9 Å². The first-order chi connectivity index (χ1) is 15.0. The number of fused-ring (bicyclic) bond motifs is 1. The second-order valence-electron chi connectivity index (χ2n) is 6.93. The monoisotopic (exact) mass is 437 g/mol. The van der Waals surface area contributed by atoms with Gasteiger partial charge < -0.3 is 19.4 Å². The number of furan rings is 1. The lowest BCUT2D eigenvalue weighted by Crippen LogP contribution is -2.23. The van der Waals surface area contributed by atoms with Gasteiger partial charge in [0.25, 0.3) is 5.91 Å². The van der Waals surface area contributed by atoms with Crippen molar-refractivity contribution in [2.24, 2.45) is 0 Å². The minimum Gasteiger partial charge on any atom is -0.491 e. The number of rotatable bonds is 7. The second kappa shape index (κ2) is 10.6. The average molecular weight is 438 g/mol. The number of carbonyl (C=O) groups is 1. The molecule has 1 heterocycles. The van der Waals surface area contributed by atoms with E-state index in [1.165, 1.54) is 0 Å². The molecular formula is C23H23N3O4S. The Bertz CT molecular complexity index is 1130. The van der Waals surface area contributed by atoms with Crippen LogP contribution in [0.25, 0.3) is 11.0 Å². The summed E-state index contributed by atoms with van der Waals surface area (Å²) >= 11 is 4.95. The number of benzene rings is 2. The van der Waals surface area contributed by atoms with Gasteiger partial charge >= 0.3 is 0 Å². The van der Waals surface area contributed by atoms with Gasteiger partial charge in [-0.3, -0.25) is 15.5 Å². The van der Waals surface area contributed by atoms with Crippen LogP contribution in [0.1, 0.15) is 21.7 Å². The maximum absolute atomic E-state index is 12.4. The van der Waals surface area contributed by atoms with E-state index in [1.54, 1.807) is 36.4 Å². The van der Waals surface area contributed by atoms with Crippen molar-refractivity contribution in [3.8, 4) is 17.6 Å². The lowest BCUT2D eigenvalue weighted by molar-refractivity contribution is 0.0933. The van der Waals surface area contributed by atoms with Gasteiger partial charge in [-0.15, -0.1) is 0 Å². The first-order valence-electron chi connectivity index (χ1n) is 9.59. The number of hydrogen-bond donors (Lipinski definition) is 3. The summed E-state index contributed by atoms with van der Waals surface area (Å²) in [5, 5.41) is 12.3. The summed E-state index contributed by atoms with van der Waals surface area (Å²) < 4.78 is 11.5. The molecular weight excluding hydrogens is 414 g/mol. The smallest absolute Gasteiger partial charge is 0.287 e. The Kier molecular flexibility index (Phi) is 7.62. The van der Waals surface area contributed by atoms with Gasteiger partial charge in [0.05, 0.1) is 11.9 Å². The fourth-order valence-electron chi connectivity index (χ4n) is 2.74. The van der Waals surface area contributed by atoms with Gasteiger partial charge in [-0.05, 0) is 38.4 Å². The Morgan fingerprint density at radius 2 is 2.00 bits per heavy atom. The van der Waals surface area contributed by atoms with Crippen molar-refractivity contribution >= 4 is 34.1 Å². The predicted molar refractivity (Wildman–Crippen MR) is 123 cm³/mol. The number of thiocarbonyl (C=S) groups is 1. The Balaban J connectivity index is 1.60. The average Bonchev–Trinajstić information content (AvgIpc) is 3.21. The number of hydroxylamine groups is 1. The van der Waals surface area contributed by atoms with Crippen LogP contribution in [0.5, 0.6) is 5.75 Å². The molecule has 8 heteroatoms. The highest BCUT2D eigenvalue weighted by Crippen LogP contribution is 2.28. The number of nitrogens with one attached hydrogen (secondary N) is 2. The van der Waals surface area contributed by atoms with Crippen LogP contribution in [0.2, 0.25) is 0 Å². The van der Waals surface area contributed by atoms with E-state index in [9.17, 15) is 4.79 Å². The van der Waals surface area contributed by atoms with Gasteiger partial charge in [0.2, 0.25) is 0 Å². The second-order valence-corrected chi connectivity index (χ2v) is 7.34. The molecule has 31 heavy (non-hydrogen) atoms. The van der Waals surface area contributed by atoms with Gasteiger partial charge in [-0.1, -0.05) is 42.3 Å². The summed E-state index contributed by atoms with van der Waals surface area (Å²) in [6, 6.07) is 14.2. The minimum absolute atomic E-state index is 0.167. The number of hydrogen-bond acceptors (Lipinski definition) is 6. The van der Waals surface area contributed by atoms with Crippen molar-refractivity contribution in [2.45, 2.75) is 0 Å². The lowest BCUT2D eigenvalue weighted by Gasteiger charge is -2.11. The molecule has 3 aromatic rings. The van der Waals surface area contributed by atoms with E-state index >= 15 is 0 Å². The molecule has 1 amide bonds. The molecule has 0 fully saturated rings. The maximum Gasteiger partial charge on any atom is 0.287 e. The summed E-state index contributed by atoms with van der Waals surface area (Å²) in [6.07, 6.45) is 0. The molecule has 0 aliphatic carbocycles. The number of ether oxygens (including phenoxy) is 1. The van der Waals surface area contributed by atoms with Gasteiger partial charge in [-0.25, -0.2) is 0 Å². The molecule has 2 aromatic carbocycles. The molecule has 0 aliphatic heterocycles. The van der Waals surface area contributed by atoms with Crippen molar-refractivity contribution < 1.29 is 19.2 Å². The molecule has 0 bridgehead atoms. The van der Waals surface area contributed by atoms with Crippen LogP contribution >= 0.6 is 12.2 Å². The van der Waals surface area contributed by atoms with E-state index in [1.807, 2.05) is 36.6 Å². The summed E-state index contributed by atoms with van der Waals surface area (Å²) in [7, 11) is 3.96. The molecule has 3 N–H and O–H groups in total. The largest absolute Gasteiger partial charge is 0.491 e. The van der Waals surface area contributed by atoms with Crippen molar-refractivity contribution in [2.75, 3.05) is 33.8 Å². The quantitative estimate of drug-likeness (QED) is 0.298. The Morgan fingerprint density at radius 3 is 2.71 bits per heavy atom. The van der Waals surface area contributed by atoms with Crippen LogP contribution in [0.3, 0.4) is 0 Å². The zero-order valence-corrected chi connectivity index (χ0v) is 18.1. The molecule has 0 saturated carbocycles. The van der Waals surface area contributed by atoms with Gasteiger partial charge in [0, 0.05) is 23.7 Å². The molecule has 0 radical (unpaired) electrons. The fourth-order valence-corrected chi connectivity index (χ4v) is 2.87. The topological polar surface area (TPSA) is 87.0 Å². The molecule has 3 rings (SSSR count). The molecule has 160 valence electrons. The van der Waals surface area contributed by atoms with E-state index in [2.05, 4.69) is 17.2 Å². The van der Waals surface area contributed by atoms with Crippen molar-refractivity contribution in [3.05, 3.63) is 65.4 Å². The number of nitrogens with zero attached hydrogens (tertiary/aromatic N) is 1. The summed E-state index contributed by atoms with van der Waals surface area (Å²) in [5.74, 6) is 6.39. The Hall–Kier alpha value is -3.38. The molecule has 0 atom stereocenters. The van der Waals surface area contributed by atoms with Crippen LogP contribution < -0.4 is 15.5 Å². The predicted octanol–water partition coefficient (Wildman–Crippen LogP) is 2.81. The van der Waals surface area contributed by atoms with Crippen molar-refractivity contribution in [1.29, 1.82) is 0 Å².